The molecule has 1 aromatic rings. The molecule has 2 rings (SSSR count). The number of hydrogen-bond acceptors (Lipinski definition) is 5. The van der Waals surface area contributed by atoms with Gasteiger partial charge in [0.05, 0.1) is 17.7 Å². The highest BCUT2D eigenvalue weighted by molar-refractivity contribution is 7.78. The van der Waals surface area contributed by atoms with Gasteiger partial charge in [0.25, 0.3) is 11.3 Å². The molecule has 2 heterocycles. The number of nitrogens with zero attached hydrogens (tertiary/aromatic N) is 2. The van der Waals surface area contributed by atoms with E-state index in [1.54, 1.807) is 20.8 Å². The molecule has 0 saturated carbocycles. The lowest BCUT2D eigenvalue weighted by molar-refractivity contribution is 0.0363. The number of aromatic nitrogens is 1. The van der Waals surface area contributed by atoms with E-state index in [0.717, 1.165) is 4.31 Å². The second-order valence-electron chi connectivity index (χ2n) is 5.78. The molecule has 0 aliphatic carbocycles. The molecular formula is C13H16ClFN2O4S. The maximum Gasteiger partial charge on any atom is 0.424 e. The minimum atomic E-state index is -1.91. The summed E-state index contributed by atoms with van der Waals surface area (Å²) in [5.74, 6) is -0.763. The molecular weight excluding hydrogens is 335 g/mol. The molecule has 0 N–H and O–H groups in total. The predicted octanol–water partition coefficient (Wildman–Crippen LogP) is 2.63. The fourth-order valence-corrected chi connectivity index (χ4v) is 3.00. The Bertz CT molecular complexity index is 608. The summed E-state index contributed by atoms with van der Waals surface area (Å²) in [6, 6.07) is 0.914. The quantitative estimate of drug-likeness (QED) is 0.767. The van der Waals surface area contributed by atoms with Gasteiger partial charge in [0, 0.05) is 6.20 Å². The average Bonchev–Trinajstić information content (AvgIpc) is 2.73. The van der Waals surface area contributed by atoms with Gasteiger partial charge in [-0.05, 0) is 38.8 Å². The smallest absolute Gasteiger partial charge is 0.424 e. The molecule has 1 aromatic heterocycles. The van der Waals surface area contributed by atoms with Gasteiger partial charge in [-0.3, -0.25) is 4.18 Å². The summed E-state index contributed by atoms with van der Waals surface area (Å²) in [5.41, 5.74) is -0.109. The molecule has 1 amide bonds. The van der Waals surface area contributed by atoms with Crippen molar-refractivity contribution in [1.29, 1.82) is 0 Å². The van der Waals surface area contributed by atoms with Crippen molar-refractivity contribution in [2.24, 2.45) is 0 Å². The summed E-state index contributed by atoms with van der Waals surface area (Å²) in [6.45, 7) is 5.22. The molecule has 1 saturated heterocycles. The predicted molar refractivity (Wildman–Crippen MR) is 78.9 cm³/mol. The first-order valence-corrected chi connectivity index (χ1v) is 7.95. The SMILES string of the molecule is CC(C)(C)OC(=O)N1C(Cc2cnc(F)c(Cl)c2)COS1=O. The Morgan fingerprint density at radius 1 is 1.64 bits per heavy atom. The van der Waals surface area contributed by atoms with Crippen LogP contribution in [0, 0.1) is 5.95 Å². The summed E-state index contributed by atoms with van der Waals surface area (Å²) in [7, 11) is 0. The van der Waals surface area contributed by atoms with Gasteiger partial charge in [0.1, 0.15) is 5.60 Å². The summed E-state index contributed by atoms with van der Waals surface area (Å²) >= 11 is 3.77. The summed E-state index contributed by atoms with van der Waals surface area (Å²) in [6.07, 6.45) is 0.864. The zero-order valence-corrected chi connectivity index (χ0v) is 13.9. The standard InChI is InChI=1S/C13H16ClFN2O4S/c1-13(2,3)21-12(18)17-9(7-20-22(17)19)4-8-5-10(14)11(15)16-6-8/h5-6,9H,4,7H2,1-3H3. The molecule has 2 unspecified atom stereocenters. The lowest BCUT2D eigenvalue weighted by Crippen LogP contribution is -2.41. The first kappa shape index (κ1) is 17.1. The molecule has 1 aliphatic heterocycles. The third kappa shape index (κ3) is 4.15. The highest BCUT2D eigenvalue weighted by atomic mass is 35.5. The van der Waals surface area contributed by atoms with Crippen LogP contribution in [0.5, 0.6) is 0 Å². The van der Waals surface area contributed by atoms with Gasteiger partial charge in [-0.25, -0.2) is 14.0 Å². The van der Waals surface area contributed by atoms with Crippen LogP contribution in [0.1, 0.15) is 26.3 Å². The molecule has 1 fully saturated rings. The monoisotopic (exact) mass is 350 g/mol. The number of pyridine rings is 1. The van der Waals surface area contributed by atoms with Crippen molar-refractivity contribution in [3.8, 4) is 0 Å². The molecule has 2 atom stereocenters. The van der Waals surface area contributed by atoms with Crippen LogP contribution < -0.4 is 0 Å². The molecule has 22 heavy (non-hydrogen) atoms. The van der Waals surface area contributed by atoms with E-state index in [2.05, 4.69) is 4.98 Å². The highest BCUT2D eigenvalue weighted by Crippen LogP contribution is 2.23. The number of carbonyl (C=O) groups excluding carboxylic acids is 1. The Balaban J connectivity index is 2.13. The summed E-state index contributed by atoms with van der Waals surface area (Å²) in [4.78, 5) is 15.6. The van der Waals surface area contributed by atoms with E-state index in [-0.39, 0.29) is 18.1 Å². The maximum absolute atomic E-state index is 13.1. The minimum Gasteiger partial charge on any atom is -0.443 e. The van der Waals surface area contributed by atoms with Gasteiger partial charge in [-0.1, -0.05) is 11.6 Å². The lowest BCUT2D eigenvalue weighted by atomic mass is 10.1. The van der Waals surface area contributed by atoms with E-state index in [0.29, 0.717) is 5.56 Å². The second-order valence-corrected chi connectivity index (χ2v) is 7.25. The van der Waals surface area contributed by atoms with Crippen molar-refractivity contribution in [3.05, 3.63) is 28.8 Å². The average molecular weight is 351 g/mol. The Labute approximate surface area is 135 Å². The molecule has 6 nitrogen and oxygen atoms in total. The maximum atomic E-state index is 13.1. The number of carbonyl (C=O) groups is 1. The number of rotatable bonds is 2. The first-order chi connectivity index (χ1) is 10.2. The molecule has 0 aromatic carbocycles. The molecule has 0 spiro atoms. The molecule has 0 radical (unpaired) electrons. The molecule has 9 heteroatoms. The third-order valence-corrected chi connectivity index (χ3v) is 4.12. The van der Waals surface area contributed by atoms with Gasteiger partial charge in [0.2, 0.25) is 5.95 Å². The summed E-state index contributed by atoms with van der Waals surface area (Å²) in [5, 5.41) is -0.110. The molecule has 122 valence electrons. The van der Waals surface area contributed by atoms with Crippen molar-refractivity contribution in [2.45, 2.75) is 38.8 Å². The number of ether oxygens (including phenoxy) is 1. The van der Waals surface area contributed by atoms with E-state index in [9.17, 15) is 13.4 Å². The third-order valence-electron chi connectivity index (χ3n) is 2.75. The van der Waals surface area contributed by atoms with Crippen LogP contribution in [0.2, 0.25) is 5.02 Å². The van der Waals surface area contributed by atoms with Crippen LogP contribution in [0.15, 0.2) is 12.3 Å². The van der Waals surface area contributed by atoms with Crippen LogP contribution in [0.4, 0.5) is 9.18 Å². The van der Waals surface area contributed by atoms with Crippen molar-refractivity contribution in [2.75, 3.05) is 6.61 Å². The molecule has 0 bridgehead atoms. The fourth-order valence-electron chi connectivity index (χ4n) is 1.89. The Morgan fingerprint density at radius 3 is 2.91 bits per heavy atom. The van der Waals surface area contributed by atoms with E-state index in [1.807, 2.05) is 0 Å². The van der Waals surface area contributed by atoms with E-state index in [1.165, 1.54) is 12.3 Å². The van der Waals surface area contributed by atoms with Crippen molar-refractivity contribution >= 4 is 29.0 Å². The Hall–Kier alpha value is -1.25. The number of hydrogen-bond donors (Lipinski definition) is 0. The zero-order valence-electron chi connectivity index (χ0n) is 12.3. The number of halogens is 2. The normalized spacial score (nSPS) is 22.0. The molecule has 1 aliphatic rings. The van der Waals surface area contributed by atoms with Crippen LogP contribution >= 0.6 is 11.6 Å². The van der Waals surface area contributed by atoms with Gasteiger partial charge in [0.15, 0.2) is 0 Å². The van der Waals surface area contributed by atoms with Crippen LogP contribution in [-0.2, 0) is 26.6 Å². The van der Waals surface area contributed by atoms with Crippen molar-refractivity contribution < 1.29 is 22.3 Å². The van der Waals surface area contributed by atoms with Crippen molar-refractivity contribution in [3.63, 3.8) is 0 Å². The highest BCUT2D eigenvalue weighted by Gasteiger charge is 2.39. The van der Waals surface area contributed by atoms with Gasteiger partial charge >= 0.3 is 6.09 Å². The summed E-state index contributed by atoms with van der Waals surface area (Å²) < 4.78 is 36.2. The van der Waals surface area contributed by atoms with Gasteiger partial charge in [-0.2, -0.15) is 8.70 Å². The van der Waals surface area contributed by atoms with E-state index < -0.39 is 35.0 Å². The second kappa shape index (κ2) is 6.47. The van der Waals surface area contributed by atoms with Gasteiger partial charge in [-0.15, -0.1) is 0 Å². The van der Waals surface area contributed by atoms with Gasteiger partial charge < -0.3 is 4.74 Å². The Morgan fingerprint density at radius 2 is 2.32 bits per heavy atom. The first-order valence-electron chi connectivity index (χ1n) is 6.54. The fraction of sp³-hybridized carbons (Fsp3) is 0.538. The van der Waals surface area contributed by atoms with E-state index >= 15 is 0 Å². The minimum absolute atomic E-state index is 0.0842. The van der Waals surface area contributed by atoms with Crippen molar-refractivity contribution in [1.82, 2.24) is 9.29 Å². The Kier molecular flexibility index (Phi) is 5.03. The lowest BCUT2D eigenvalue weighted by Gasteiger charge is -2.25. The van der Waals surface area contributed by atoms with Crippen LogP contribution in [-0.4, -0.2) is 37.8 Å². The topological polar surface area (TPSA) is 68.7 Å². The largest absolute Gasteiger partial charge is 0.443 e. The van der Waals surface area contributed by atoms with Crippen LogP contribution in [0.25, 0.3) is 0 Å². The van der Waals surface area contributed by atoms with E-state index in [4.69, 9.17) is 20.5 Å². The zero-order chi connectivity index (χ0) is 16.5. The van der Waals surface area contributed by atoms with Crippen LogP contribution in [0.3, 0.4) is 0 Å². The number of amides is 1.